The molecule has 2 aromatic carbocycles. The van der Waals surface area contributed by atoms with Gasteiger partial charge >= 0.3 is 5.97 Å². The van der Waals surface area contributed by atoms with Crippen molar-refractivity contribution in [1.29, 1.82) is 0 Å². The number of anilines is 1. The number of nitrogens with one attached hydrogen (secondary N) is 2. The van der Waals surface area contributed by atoms with Gasteiger partial charge in [0.15, 0.2) is 6.61 Å². The van der Waals surface area contributed by atoms with Gasteiger partial charge in [-0.2, -0.15) is 0 Å². The summed E-state index contributed by atoms with van der Waals surface area (Å²) in [5.74, 6) is -1.17. The topological polar surface area (TPSA) is 84.5 Å². The Morgan fingerprint density at radius 1 is 1.17 bits per heavy atom. The standard InChI is InChI=1S/C17H16N2O4/c20-15-8-7-14(19-15)17(22)23-10-16(21)18-13-6-5-11-3-1-2-4-12(11)9-13/h1-6,9,14H,7-8,10H2,(H,18,21)(H,19,20)/t14-/m1/s1. The average Bonchev–Trinajstić information content (AvgIpc) is 2.99. The van der Waals surface area contributed by atoms with E-state index in [0.29, 0.717) is 18.5 Å². The zero-order valence-corrected chi connectivity index (χ0v) is 12.4. The number of fused-ring (bicyclic) bond motifs is 1. The van der Waals surface area contributed by atoms with Gasteiger partial charge in [0.05, 0.1) is 0 Å². The third-order valence-corrected chi connectivity index (χ3v) is 3.66. The first-order valence-corrected chi connectivity index (χ1v) is 7.36. The largest absolute Gasteiger partial charge is 0.454 e. The van der Waals surface area contributed by atoms with Crippen molar-refractivity contribution in [2.45, 2.75) is 18.9 Å². The molecule has 2 aromatic rings. The number of benzene rings is 2. The Labute approximate surface area is 132 Å². The zero-order chi connectivity index (χ0) is 16.2. The molecule has 0 spiro atoms. The molecule has 3 rings (SSSR count). The maximum absolute atomic E-state index is 11.9. The number of amides is 2. The van der Waals surface area contributed by atoms with Crippen LogP contribution in [0, 0.1) is 0 Å². The lowest BCUT2D eigenvalue weighted by Crippen LogP contribution is -2.36. The highest BCUT2D eigenvalue weighted by Gasteiger charge is 2.28. The van der Waals surface area contributed by atoms with Crippen molar-refractivity contribution < 1.29 is 19.1 Å². The Morgan fingerprint density at radius 2 is 1.96 bits per heavy atom. The van der Waals surface area contributed by atoms with Crippen LogP contribution in [0.25, 0.3) is 10.8 Å². The minimum Gasteiger partial charge on any atom is -0.454 e. The molecular formula is C17H16N2O4. The van der Waals surface area contributed by atoms with E-state index in [2.05, 4.69) is 10.6 Å². The summed E-state index contributed by atoms with van der Waals surface area (Å²) in [4.78, 5) is 34.6. The molecular weight excluding hydrogens is 296 g/mol. The molecule has 23 heavy (non-hydrogen) atoms. The first-order valence-electron chi connectivity index (χ1n) is 7.36. The van der Waals surface area contributed by atoms with E-state index in [1.807, 2.05) is 36.4 Å². The van der Waals surface area contributed by atoms with Gasteiger partial charge < -0.3 is 15.4 Å². The van der Waals surface area contributed by atoms with Gasteiger partial charge in [0, 0.05) is 12.1 Å². The first kappa shape index (κ1) is 15.0. The molecule has 2 N–H and O–H groups in total. The highest BCUT2D eigenvalue weighted by atomic mass is 16.5. The third-order valence-electron chi connectivity index (χ3n) is 3.66. The van der Waals surface area contributed by atoms with Crippen molar-refractivity contribution in [1.82, 2.24) is 5.32 Å². The summed E-state index contributed by atoms with van der Waals surface area (Å²) in [6.07, 6.45) is 0.715. The van der Waals surface area contributed by atoms with Gasteiger partial charge in [-0.15, -0.1) is 0 Å². The molecule has 0 radical (unpaired) electrons. The lowest BCUT2D eigenvalue weighted by molar-refractivity contribution is -0.149. The van der Waals surface area contributed by atoms with Crippen molar-refractivity contribution in [3.63, 3.8) is 0 Å². The molecule has 1 saturated heterocycles. The Balaban J connectivity index is 1.54. The predicted molar refractivity (Wildman–Crippen MR) is 84.7 cm³/mol. The van der Waals surface area contributed by atoms with E-state index < -0.39 is 17.9 Å². The Kier molecular flexibility index (Phi) is 4.23. The molecule has 0 bridgehead atoms. The quantitative estimate of drug-likeness (QED) is 0.840. The number of ether oxygens (including phenoxy) is 1. The molecule has 2 amide bonds. The Hall–Kier alpha value is -2.89. The molecule has 0 aromatic heterocycles. The van der Waals surface area contributed by atoms with Gasteiger partial charge in [0.25, 0.3) is 5.91 Å². The fourth-order valence-electron chi connectivity index (χ4n) is 2.49. The van der Waals surface area contributed by atoms with E-state index in [1.54, 1.807) is 6.07 Å². The summed E-state index contributed by atoms with van der Waals surface area (Å²) >= 11 is 0. The van der Waals surface area contributed by atoms with Gasteiger partial charge in [-0.1, -0.05) is 30.3 Å². The maximum Gasteiger partial charge on any atom is 0.329 e. The minimum absolute atomic E-state index is 0.174. The highest BCUT2D eigenvalue weighted by molar-refractivity contribution is 5.96. The van der Waals surface area contributed by atoms with E-state index >= 15 is 0 Å². The van der Waals surface area contributed by atoms with Crippen LogP contribution in [0.2, 0.25) is 0 Å². The number of hydrogen-bond donors (Lipinski definition) is 2. The lowest BCUT2D eigenvalue weighted by Gasteiger charge is -2.10. The molecule has 0 unspecified atom stereocenters. The minimum atomic E-state index is -0.643. The van der Waals surface area contributed by atoms with Crippen LogP contribution in [0.15, 0.2) is 42.5 Å². The highest BCUT2D eigenvalue weighted by Crippen LogP contribution is 2.18. The number of carbonyl (C=O) groups is 3. The van der Waals surface area contributed by atoms with Gasteiger partial charge in [-0.25, -0.2) is 4.79 Å². The van der Waals surface area contributed by atoms with Crippen molar-refractivity contribution in [3.8, 4) is 0 Å². The SMILES string of the molecule is O=C(COC(=O)[C@H]1CCC(=O)N1)Nc1ccc2ccccc2c1. The smallest absolute Gasteiger partial charge is 0.329 e. The molecule has 6 nitrogen and oxygen atoms in total. The van der Waals surface area contributed by atoms with Gasteiger partial charge in [0.1, 0.15) is 6.04 Å². The molecule has 1 heterocycles. The van der Waals surface area contributed by atoms with Crippen LogP contribution in [0.4, 0.5) is 5.69 Å². The molecule has 1 aliphatic rings. The van der Waals surface area contributed by atoms with Crippen LogP contribution in [0.1, 0.15) is 12.8 Å². The number of esters is 1. The second-order valence-corrected chi connectivity index (χ2v) is 5.38. The third kappa shape index (κ3) is 3.66. The summed E-state index contributed by atoms with van der Waals surface area (Å²) in [6, 6.07) is 12.7. The van der Waals surface area contributed by atoms with E-state index in [9.17, 15) is 14.4 Å². The molecule has 1 fully saturated rings. The fourth-order valence-corrected chi connectivity index (χ4v) is 2.49. The van der Waals surface area contributed by atoms with Crippen LogP contribution in [0.3, 0.4) is 0 Å². The summed E-state index contributed by atoms with van der Waals surface area (Å²) in [5, 5.41) is 7.28. The summed E-state index contributed by atoms with van der Waals surface area (Å²) in [6.45, 7) is -0.377. The van der Waals surface area contributed by atoms with E-state index in [0.717, 1.165) is 10.8 Å². The van der Waals surface area contributed by atoms with Crippen LogP contribution < -0.4 is 10.6 Å². The van der Waals surface area contributed by atoms with Crippen LogP contribution in [0.5, 0.6) is 0 Å². The molecule has 0 aliphatic carbocycles. The van der Waals surface area contributed by atoms with Crippen molar-refractivity contribution in [2.75, 3.05) is 11.9 Å². The predicted octanol–water partition coefficient (Wildman–Crippen LogP) is 1.60. The van der Waals surface area contributed by atoms with Crippen molar-refractivity contribution >= 4 is 34.2 Å². The van der Waals surface area contributed by atoms with Gasteiger partial charge in [0.2, 0.25) is 5.91 Å². The van der Waals surface area contributed by atoms with Crippen molar-refractivity contribution in [2.24, 2.45) is 0 Å². The average molecular weight is 312 g/mol. The van der Waals surface area contributed by atoms with E-state index in [-0.39, 0.29) is 12.5 Å². The molecule has 1 aliphatic heterocycles. The fraction of sp³-hybridized carbons (Fsp3) is 0.235. The van der Waals surface area contributed by atoms with Crippen LogP contribution in [-0.4, -0.2) is 30.4 Å². The first-order chi connectivity index (χ1) is 11.1. The van der Waals surface area contributed by atoms with Gasteiger partial charge in [-0.3, -0.25) is 9.59 Å². The monoisotopic (exact) mass is 312 g/mol. The number of rotatable bonds is 4. The van der Waals surface area contributed by atoms with Gasteiger partial charge in [-0.05, 0) is 29.3 Å². The van der Waals surface area contributed by atoms with E-state index in [4.69, 9.17) is 4.74 Å². The van der Waals surface area contributed by atoms with E-state index in [1.165, 1.54) is 0 Å². The van der Waals surface area contributed by atoms with Crippen LogP contribution >= 0.6 is 0 Å². The second-order valence-electron chi connectivity index (χ2n) is 5.38. The number of carbonyl (C=O) groups excluding carboxylic acids is 3. The molecule has 0 saturated carbocycles. The summed E-state index contributed by atoms with van der Waals surface area (Å²) in [7, 11) is 0. The lowest BCUT2D eigenvalue weighted by atomic mass is 10.1. The molecule has 118 valence electrons. The second kappa shape index (κ2) is 6.48. The maximum atomic E-state index is 11.9. The summed E-state index contributed by atoms with van der Waals surface area (Å²) in [5.41, 5.74) is 0.638. The van der Waals surface area contributed by atoms with Crippen LogP contribution in [-0.2, 0) is 19.1 Å². The molecule has 1 atom stereocenters. The van der Waals surface area contributed by atoms with Crippen molar-refractivity contribution in [3.05, 3.63) is 42.5 Å². The Bertz CT molecular complexity index is 772. The normalized spacial score (nSPS) is 16.9. The Morgan fingerprint density at radius 3 is 2.70 bits per heavy atom. The zero-order valence-electron chi connectivity index (χ0n) is 12.4. The molecule has 6 heteroatoms. The number of hydrogen-bond acceptors (Lipinski definition) is 4. The summed E-state index contributed by atoms with van der Waals surface area (Å²) < 4.78 is 4.93.